The van der Waals surface area contributed by atoms with Crippen molar-refractivity contribution in [1.82, 2.24) is 9.97 Å². The predicted octanol–water partition coefficient (Wildman–Crippen LogP) is 4.20. The van der Waals surface area contributed by atoms with Gasteiger partial charge in [-0.2, -0.15) is 0 Å². The summed E-state index contributed by atoms with van der Waals surface area (Å²) in [7, 11) is 0. The topological polar surface area (TPSA) is 46.1 Å². The average molecular weight is 366 g/mol. The molecule has 1 aliphatic rings. The second kappa shape index (κ2) is 7.04. The normalized spacial score (nSPS) is 13.0. The summed E-state index contributed by atoms with van der Waals surface area (Å²) in [5.74, 6) is 0.346. The standard InChI is InChI=1S/C21H20ClN3O/c1-14-10-15(11-17-4-2-6-18(14)17)13-25(20(26)12-22)19-8-7-16-5-3-9-23-21(16)24-19/h3,5,7-11H,2,4,6,12-13H2,1H3. The van der Waals surface area contributed by atoms with Crippen LogP contribution in [-0.4, -0.2) is 21.8 Å². The summed E-state index contributed by atoms with van der Waals surface area (Å²) in [6, 6.07) is 12.0. The highest BCUT2D eigenvalue weighted by molar-refractivity contribution is 6.29. The van der Waals surface area contributed by atoms with Gasteiger partial charge in [0.05, 0.1) is 6.54 Å². The lowest BCUT2D eigenvalue weighted by atomic mass is 10.0. The molecule has 0 N–H and O–H groups in total. The molecule has 0 fully saturated rings. The van der Waals surface area contributed by atoms with E-state index in [1.54, 1.807) is 11.1 Å². The van der Waals surface area contributed by atoms with Crippen LogP contribution < -0.4 is 4.90 Å². The monoisotopic (exact) mass is 365 g/mol. The zero-order valence-corrected chi connectivity index (χ0v) is 15.5. The number of fused-ring (bicyclic) bond motifs is 2. The number of benzene rings is 1. The smallest absolute Gasteiger partial charge is 0.243 e. The lowest BCUT2D eigenvalue weighted by Crippen LogP contribution is -2.32. The Hall–Kier alpha value is -2.46. The highest BCUT2D eigenvalue weighted by atomic mass is 35.5. The Morgan fingerprint density at radius 3 is 2.96 bits per heavy atom. The second-order valence-electron chi connectivity index (χ2n) is 6.74. The Kier molecular flexibility index (Phi) is 4.60. The molecular formula is C21H20ClN3O. The molecule has 132 valence electrons. The molecule has 1 amide bonds. The molecular weight excluding hydrogens is 346 g/mol. The lowest BCUT2D eigenvalue weighted by Gasteiger charge is -2.22. The van der Waals surface area contributed by atoms with Crippen LogP contribution in [0.5, 0.6) is 0 Å². The van der Waals surface area contributed by atoms with Crippen LogP contribution in [0.15, 0.2) is 42.6 Å². The first-order valence-electron chi connectivity index (χ1n) is 8.85. The largest absolute Gasteiger partial charge is 0.291 e. The number of carbonyl (C=O) groups excluding carboxylic acids is 1. The van der Waals surface area contributed by atoms with Crippen molar-refractivity contribution >= 4 is 34.4 Å². The third-order valence-corrected chi connectivity index (χ3v) is 5.21. The van der Waals surface area contributed by atoms with Crippen LogP contribution in [0.4, 0.5) is 5.82 Å². The summed E-state index contributed by atoms with van der Waals surface area (Å²) in [4.78, 5) is 23.0. The summed E-state index contributed by atoms with van der Waals surface area (Å²) in [5, 5.41) is 0.947. The van der Waals surface area contributed by atoms with Gasteiger partial charge in [-0.05, 0) is 72.7 Å². The van der Waals surface area contributed by atoms with Gasteiger partial charge < -0.3 is 0 Å². The maximum absolute atomic E-state index is 12.5. The molecule has 2 aromatic heterocycles. The van der Waals surface area contributed by atoms with Crippen molar-refractivity contribution in [2.75, 3.05) is 10.8 Å². The van der Waals surface area contributed by atoms with Crippen molar-refractivity contribution in [1.29, 1.82) is 0 Å². The molecule has 1 aliphatic carbocycles. The third-order valence-electron chi connectivity index (χ3n) is 4.98. The van der Waals surface area contributed by atoms with Crippen molar-refractivity contribution in [2.24, 2.45) is 0 Å². The van der Waals surface area contributed by atoms with Crippen LogP contribution in [0, 0.1) is 6.92 Å². The van der Waals surface area contributed by atoms with Gasteiger partial charge in [0.2, 0.25) is 5.91 Å². The fourth-order valence-electron chi connectivity index (χ4n) is 3.74. The Morgan fingerprint density at radius 1 is 1.23 bits per heavy atom. The molecule has 4 nitrogen and oxygen atoms in total. The number of aromatic nitrogens is 2. The molecule has 0 radical (unpaired) electrons. The fourth-order valence-corrected chi connectivity index (χ4v) is 3.89. The van der Waals surface area contributed by atoms with Crippen LogP contribution in [0.3, 0.4) is 0 Å². The Bertz CT molecular complexity index is 986. The highest BCUT2D eigenvalue weighted by Gasteiger charge is 2.20. The molecule has 26 heavy (non-hydrogen) atoms. The van der Waals surface area contributed by atoms with Gasteiger partial charge in [0.1, 0.15) is 11.7 Å². The maximum atomic E-state index is 12.5. The SMILES string of the molecule is Cc1cc(CN(C(=O)CCl)c2ccc3cccnc3n2)cc2c1CCC2. The van der Waals surface area contributed by atoms with E-state index in [4.69, 9.17) is 11.6 Å². The molecule has 2 heterocycles. The third kappa shape index (κ3) is 3.17. The first kappa shape index (κ1) is 17.0. The number of amides is 1. The van der Waals surface area contributed by atoms with Crippen molar-refractivity contribution in [3.63, 3.8) is 0 Å². The van der Waals surface area contributed by atoms with Gasteiger partial charge in [0, 0.05) is 11.6 Å². The van der Waals surface area contributed by atoms with E-state index in [-0.39, 0.29) is 11.8 Å². The first-order valence-corrected chi connectivity index (χ1v) is 9.38. The number of aryl methyl sites for hydroxylation is 2. The van der Waals surface area contributed by atoms with Crippen LogP contribution in [0.2, 0.25) is 0 Å². The summed E-state index contributed by atoms with van der Waals surface area (Å²) in [6.45, 7) is 2.62. The first-order chi connectivity index (χ1) is 12.7. The van der Waals surface area contributed by atoms with Gasteiger partial charge in [-0.1, -0.05) is 12.1 Å². The summed E-state index contributed by atoms with van der Waals surface area (Å²) in [5.41, 5.74) is 5.93. The number of halogens is 1. The molecule has 0 spiro atoms. The Morgan fingerprint density at radius 2 is 2.12 bits per heavy atom. The van der Waals surface area contributed by atoms with E-state index in [9.17, 15) is 4.79 Å². The Balaban J connectivity index is 1.71. The van der Waals surface area contributed by atoms with E-state index in [0.717, 1.165) is 23.8 Å². The number of pyridine rings is 2. The van der Waals surface area contributed by atoms with Gasteiger partial charge >= 0.3 is 0 Å². The average Bonchev–Trinajstić information content (AvgIpc) is 3.14. The summed E-state index contributed by atoms with van der Waals surface area (Å²) >= 11 is 5.87. The second-order valence-corrected chi connectivity index (χ2v) is 7.00. The molecule has 0 aliphatic heterocycles. The number of carbonyl (C=O) groups is 1. The minimum atomic E-state index is -0.160. The molecule has 0 bridgehead atoms. The van der Waals surface area contributed by atoms with Crippen molar-refractivity contribution in [3.05, 3.63) is 64.8 Å². The fraction of sp³-hybridized carbons (Fsp3) is 0.286. The molecule has 5 heteroatoms. The van der Waals surface area contributed by atoms with Crippen LogP contribution in [-0.2, 0) is 24.2 Å². The van der Waals surface area contributed by atoms with E-state index < -0.39 is 0 Å². The molecule has 0 saturated heterocycles. The molecule has 4 rings (SSSR count). The van der Waals surface area contributed by atoms with Crippen molar-refractivity contribution in [3.8, 4) is 0 Å². The molecule has 1 aromatic carbocycles. The molecule has 0 unspecified atom stereocenters. The predicted molar refractivity (Wildman–Crippen MR) is 105 cm³/mol. The van der Waals surface area contributed by atoms with Crippen LogP contribution >= 0.6 is 11.6 Å². The van der Waals surface area contributed by atoms with Crippen LogP contribution in [0.25, 0.3) is 11.0 Å². The zero-order valence-electron chi connectivity index (χ0n) is 14.7. The summed E-state index contributed by atoms with van der Waals surface area (Å²) in [6.07, 6.45) is 5.19. The zero-order chi connectivity index (χ0) is 18.1. The van der Waals surface area contributed by atoms with Gasteiger partial charge in [0.15, 0.2) is 5.65 Å². The number of alkyl halides is 1. The lowest BCUT2D eigenvalue weighted by molar-refractivity contribution is -0.116. The summed E-state index contributed by atoms with van der Waals surface area (Å²) < 4.78 is 0. The van der Waals surface area contributed by atoms with Gasteiger partial charge in [-0.3, -0.25) is 9.69 Å². The molecule has 3 aromatic rings. The van der Waals surface area contributed by atoms with Crippen LogP contribution in [0.1, 0.15) is 28.7 Å². The number of hydrogen-bond acceptors (Lipinski definition) is 3. The van der Waals surface area contributed by atoms with Crippen molar-refractivity contribution < 1.29 is 4.79 Å². The van der Waals surface area contributed by atoms with Gasteiger partial charge in [-0.15, -0.1) is 11.6 Å². The van der Waals surface area contributed by atoms with E-state index >= 15 is 0 Å². The minimum Gasteiger partial charge on any atom is -0.291 e. The van der Waals surface area contributed by atoms with Crippen molar-refractivity contribution in [2.45, 2.75) is 32.7 Å². The number of anilines is 1. The highest BCUT2D eigenvalue weighted by Crippen LogP contribution is 2.28. The number of hydrogen-bond donors (Lipinski definition) is 0. The molecule has 0 saturated carbocycles. The van der Waals surface area contributed by atoms with E-state index in [2.05, 4.69) is 29.0 Å². The molecule has 0 atom stereocenters. The van der Waals surface area contributed by atoms with Gasteiger partial charge in [0.25, 0.3) is 0 Å². The number of nitrogens with zero attached hydrogens (tertiary/aromatic N) is 3. The number of rotatable bonds is 4. The van der Waals surface area contributed by atoms with E-state index in [1.807, 2.05) is 24.3 Å². The van der Waals surface area contributed by atoms with Gasteiger partial charge in [-0.25, -0.2) is 9.97 Å². The van der Waals surface area contributed by atoms with E-state index in [0.29, 0.717) is 18.0 Å². The Labute approximate surface area is 157 Å². The maximum Gasteiger partial charge on any atom is 0.243 e. The van der Waals surface area contributed by atoms with E-state index in [1.165, 1.54) is 23.1 Å². The minimum absolute atomic E-state index is 0.0775. The quantitative estimate of drug-likeness (QED) is 0.651.